The molecule has 1 aromatic carbocycles. The highest BCUT2D eigenvalue weighted by atomic mass is 16.5. The van der Waals surface area contributed by atoms with Crippen molar-refractivity contribution in [1.82, 2.24) is 9.97 Å². The number of rotatable bonds is 3. The first-order valence-electron chi connectivity index (χ1n) is 5.94. The predicted molar refractivity (Wildman–Crippen MR) is 72.0 cm³/mol. The molecule has 4 heteroatoms. The van der Waals surface area contributed by atoms with Gasteiger partial charge in [-0.25, -0.2) is 4.98 Å². The maximum Gasteiger partial charge on any atom is 0.219 e. The molecule has 94 valence electrons. The van der Waals surface area contributed by atoms with Crippen LogP contribution in [0.5, 0.6) is 11.6 Å². The van der Waals surface area contributed by atoms with Crippen LogP contribution in [-0.2, 0) is 6.61 Å². The van der Waals surface area contributed by atoms with E-state index in [1.165, 1.54) is 0 Å². The maximum absolute atomic E-state index is 9.04. The number of benzene rings is 1. The van der Waals surface area contributed by atoms with Gasteiger partial charge in [-0.1, -0.05) is 12.1 Å². The Morgan fingerprint density at radius 3 is 2.89 bits per heavy atom. The number of nitrogens with zero attached hydrogens (tertiary/aromatic N) is 2. The van der Waals surface area contributed by atoms with Crippen LogP contribution in [0.1, 0.15) is 5.69 Å². The van der Waals surface area contributed by atoms with E-state index in [-0.39, 0.29) is 6.61 Å². The van der Waals surface area contributed by atoms with Crippen molar-refractivity contribution in [1.29, 1.82) is 0 Å². The van der Waals surface area contributed by atoms with Crippen molar-refractivity contribution in [3.8, 4) is 11.6 Å². The Hall–Kier alpha value is -2.46. The SMILES string of the molecule is OCc1cccc(Oc2ccc3cccnc3c2)n1. The van der Waals surface area contributed by atoms with E-state index in [0.29, 0.717) is 17.3 Å². The van der Waals surface area contributed by atoms with E-state index in [4.69, 9.17) is 9.84 Å². The molecule has 0 spiro atoms. The lowest BCUT2D eigenvalue weighted by atomic mass is 10.2. The lowest BCUT2D eigenvalue weighted by Crippen LogP contribution is -1.93. The van der Waals surface area contributed by atoms with Crippen molar-refractivity contribution in [2.45, 2.75) is 6.61 Å². The van der Waals surface area contributed by atoms with Gasteiger partial charge >= 0.3 is 0 Å². The molecule has 0 unspecified atom stereocenters. The summed E-state index contributed by atoms with van der Waals surface area (Å²) in [5, 5.41) is 10.1. The molecule has 0 aliphatic heterocycles. The van der Waals surface area contributed by atoms with Crippen LogP contribution in [-0.4, -0.2) is 15.1 Å². The Morgan fingerprint density at radius 2 is 2.00 bits per heavy atom. The van der Waals surface area contributed by atoms with Gasteiger partial charge in [-0.15, -0.1) is 0 Å². The summed E-state index contributed by atoms with van der Waals surface area (Å²) in [5.74, 6) is 1.13. The Bertz CT molecular complexity index is 713. The van der Waals surface area contributed by atoms with Gasteiger partial charge in [-0.2, -0.15) is 0 Å². The molecule has 0 saturated heterocycles. The molecule has 0 amide bonds. The molecule has 4 nitrogen and oxygen atoms in total. The molecule has 0 aliphatic carbocycles. The van der Waals surface area contributed by atoms with E-state index in [9.17, 15) is 0 Å². The Kier molecular flexibility index (Phi) is 3.08. The number of aromatic nitrogens is 2. The Balaban J connectivity index is 1.92. The van der Waals surface area contributed by atoms with Gasteiger partial charge in [0.25, 0.3) is 0 Å². The van der Waals surface area contributed by atoms with Crippen LogP contribution in [0.15, 0.2) is 54.7 Å². The van der Waals surface area contributed by atoms with Gasteiger partial charge in [0.1, 0.15) is 5.75 Å². The van der Waals surface area contributed by atoms with Gasteiger partial charge in [0, 0.05) is 23.7 Å². The number of hydrogen-bond donors (Lipinski definition) is 1. The summed E-state index contributed by atoms with van der Waals surface area (Å²) in [7, 11) is 0. The average molecular weight is 252 g/mol. The fourth-order valence-electron chi connectivity index (χ4n) is 1.83. The highest BCUT2D eigenvalue weighted by molar-refractivity contribution is 5.79. The zero-order valence-corrected chi connectivity index (χ0v) is 10.2. The fraction of sp³-hybridized carbons (Fsp3) is 0.0667. The van der Waals surface area contributed by atoms with Gasteiger partial charge in [-0.05, 0) is 24.3 Å². The van der Waals surface area contributed by atoms with Crippen molar-refractivity contribution in [2.75, 3.05) is 0 Å². The van der Waals surface area contributed by atoms with Gasteiger partial charge in [0.15, 0.2) is 0 Å². The van der Waals surface area contributed by atoms with E-state index in [0.717, 1.165) is 10.9 Å². The van der Waals surface area contributed by atoms with Gasteiger partial charge in [0.05, 0.1) is 17.8 Å². The van der Waals surface area contributed by atoms with E-state index in [1.54, 1.807) is 24.4 Å². The number of ether oxygens (including phenoxy) is 1. The van der Waals surface area contributed by atoms with Gasteiger partial charge in [-0.3, -0.25) is 4.98 Å². The van der Waals surface area contributed by atoms with Crippen LogP contribution < -0.4 is 4.74 Å². The van der Waals surface area contributed by atoms with Crippen LogP contribution >= 0.6 is 0 Å². The van der Waals surface area contributed by atoms with E-state index in [2.05, 4.69) is 9.97 Å². The number of pyridine rings is 2. The third-order valence-corrected chi connectivity index (χ3v) is 2.74. The smallest absolute Gasteiger partial charge is 0.219 e. The first-order valence-corrected chi connectivity index (χ1v) is 5.94. The van der Waals surface area contributed by atoms with Crippen LogP contribution in [0.2, 0.25) is 0 Å². The minimum absolute atomic E-state index is 0.101. The number of aliphatic hydroxyl groups excluding tert-OH is 1. The van der Waals surface area contributed by atoms with Crippen molar-refractivity contribution in [2.24, 2.45) is 0 Å². The molecule has 3 rings (SSSR count). The summed E-state index contributed by atoms with van der Waals surface area (Å²) >= 11 is 0. The Labute approximate surface area is 110 Å². The van der Waals surface area contributed by atoms with Crippen molar-refractivity contribution < 1.29 is 9.84 Å². The van der Waals surface area contributed by atoms with Crippen LogP contribution in [0.25, 0.3) is 10.9 Å². The zero-order valence-electron chi connectivity index (χ0n) is 10.2. The maximum atomic E-state index is 9.04. The first kappa shape index (κ1) is 11.6. The first-order chi connectivity index (χ1) is 9.35. The molecule has 0 aliphatic rings. The molecule has 0 saturated carbocycles. The third kappa shape index (κ3) is 2.53. The van der Waals surface area contributed by atoms with Crippen LogP contribution in [0.3, 0.4) is 0 Å². The summed E-state index contributed by atoms with van der Waals surface area (Å²) < 4.78 is 5.67. The van der Waals surface area contributed by atoms with Crippen molar-refractivity contribution in [3.63, 3.8) is 0 Å². The second-order valence-electron chi connectivity index (χ2n) is 4.09. The molecular formula is C15H12N2O2. The summed E-state index contributed by atoms with van der Waals surface area (Å²) in [6, 6.07) is 14.9. The summed E-state index contributed by atoms with van der Waals surface area (Å²) in [5.41, 5.74) is 1.45. The molecule has 0 bridgehead atoms. The monoisotopic (exact) mass is 252 g/mol. The normalized spacial score (nSPS) is 10.6. The highest BCUT2D eigenvalue weighted by Gasteiger charge is 2.02. The molecule has 0 radical (unpaired) electrons. The lowest BCUT2D eigenvalue weighted by molar-refractivity contribution is 0.275. The Morgan fingerprint density at radius 1 is 1.05 bits per heavy atom. The molecule has 2 heterocycles. The topological polar surface area (TPSA) is 55.2 Å². The summed E-state index contributed by atoms with van der Waals surface area (Å²) in [4.78, 5) is 8.45. The third-order valence-electron chi connectivity index (χ3n) is 2.74. The van der Waals surface area contributed by atoms with Gasteiger partial charge in [0.2, 0.25) is 5.88 Å². The summed E-state index contributed by atoms with van der Waals surface area (Å²) in [6.45, 7) is -0.101. The molecule has 0 fully saturated rings. The second kappa shape index (κ2) is 5.04. The molecular weight excluding hydrogens is 240 g/mol. The number of fused-ring (bicyclic) bond motifs is 1. The van der Waals surface area contributed by atoms with Crippen LogP contribution in [0, 0.1) is 0 Å². The van der Waals surface area contributed by atoms with Crippen molar-refractivity contribution >= 4 is 10.9 Å². The average Bonchev–Trinajstić information content (AvgIpc) is 2.47. The quantitative estimate of drug-likeness (QED) is 0.778. The largest absolute Gasteiger partial charge is 0.439 e. The van der Waals surface area contributed by atoms with Crippen molar-refractivity contribution in [3.05, 3.63) is 60.4 Å². The van der Waals surface area contributed by atoms with E-state index < -0.39 is 0 Å². The van der Waals surface area contributed by atoms with Crippen LogP contribution in [0.4, 0.5) is 0 Å². The fourth-order valence-corrected chi connectivity index (χ4v) is 1.83. The standard InChI is InChI=1S/C15H12N2O2/c18-10-12-4-1-5-15(17-12)19-13-7-6-11-3-2-8-16-14(11)9-13/h1-9,18H,10H2. The van der Waals surface area contributed by atoms with E-state index >= 15 is 0 Å². The second-order valence-corrected chi connectivity index (χ2v) is 4.09. The highest BCUT2D eigenvalue weighted by Crippen LogP contribution is 2.23. The molecule has 3 aromatic rings. The molecule has 1 N–H and O–H groups in total. The minimum atomic E-state index is -0.101. The zero-order chi connectivity index (χ0) is 13.1. The molecule has 0 atom stereocenters. The predicted octanol–water partition coefficient (Wildman–Crippen LogP) is 2.91. The summed E-state index contributed by atoms with van der Waals surface area (Å²) in [6.07, 6.45) is 1.75. The van der Waals surface area contributed by atoms with E-state index in [1.807, 2.05) is 30.3 Å². The van der Waals surface area contributed by atoms with Gasteiger partial charge < -0.3 is 9.84 Å². The lowest BCUT2D eigenvalue weighted by Gasteiger charge is -2.06. The molecule has 2 aromatic heterocycles. The number of aliphatic hydroxyl groups is 1. The number of hydrogen-bond acceptors (Lipinski definition) is 4. The minimum Gasteiger partial charge on any atom is -0.439 e. The molecule has 19 heavy (non-hydrogen) atoms.